The molecule has 3 rings (SSSR count). The second kappa shape index (κ2) is 7.15. The minimum absolute atomic E-state index is 0.0360. The number of benzene rings is 2. The number of fused-ring (bicyclic) bond motifs is 1. The molecular formula is C21H25F3N2O. The molecule has 1 amide bonds. The van der Waals surface area contributed by atoms with Gasteiger partial charge in [-0.15, -0.1) is 0 Å². The number of carbonyl (C=O) groups excluding carboxylic acids is 1. The van der Waals surface area contributed by atoms with Crippen LogP contribution in [0.5, 0.6) is 0 Å². The van der Waals surface area contributed by atoms with Crippen molar-refractivity contribution in [3.8, 4) is 0 Å². The topological polar surface area (TPSA) is 32.3 Å². The van der Waals surface area contributed by atoms with Crippen molar-refractivity contribution in [1.29, 1.82) is 0 Å². The van der Waals surface area contributed by atoms with Gasteiger partial charge in [0.15, 0.2) is 6.04 Å². The average Bonchev–Trinajstić information content (AvgIpc) is 2.83. The lowest BCUT2D eigenvalue weighted by Gasteiger charge is -2.38. The maximum absolute atomic E-state index is 14.0. The molecule has 1 fully saturated rings. The molecule has 6 heteroatoms. The number of halogens is 3. The summed E-state index contributed by atoms with van der Waals surface area (Å²) in [7, 11) is 0. The first-order chi connectivity index (χ1) is 12.6. The molecule has 3 nitrogen and oxygen atoms in total. The van der Waals surface area contributed by atoms with Gasteiger partial charge in [-0.3, -0.25) is 10.2 Å². The van der Waals surface area contributed by atoms with Crippen molar-refractivity contribution in [3.05, 3.63) is 47.5 Å². The molecule has 0 aliphatic carbocycles. The molecule has 0 spiro atoms. The van der Waals surface area contributed by atoms with Crippen LogP contribution in [-0.4, -0.2) is 22.6 Å². The van der Waals surface area contributed by atoms with Crippen molar-refractivity contribution in [1.82, 2.24) is 10.4 Å². The molecule has 1 N–H and O–H groups in total. The number of aryl methyl sites for hydroxylation is 1. The zero-order valence-corrected chi connectivity index (χ0v) is 15.9. The second-order valence-corrected chi connectivity index (χ2v) is 7.84. The molecular weight excluding hydrogens is 353 g/mol. The number of hydrogen-bond acceptors (Lipinski definition) is 2. The summed E-state index contributed by atoms with van der Waals surface area (Å²) in [6.07, 6.45) is -1.46. The molecule has 1 unspecified atom stereocenters. The average molecular weight is 378 g/mol. The fourth-order valence-electron chi connectivity index (χ4n) is 3.83. The van der Waals surface area contributed by atoms with Crippen LogP contribution in [0.2, 0.25) is 0 Å². The predicted molar refractivity (Wildman–Crippen MR) is 100 cm³/mol. The van der Waals surface area contributed by atoms with Gasteiger partial charge in [0.2, 0.25) is 5.91 Å². The second-order valence-electron chi connectivity index (χ2n) is 7.84. The summed E-state index contributed by atoms with van der Waals surface area (Å²) in [5, 5.41) is 2.83. The van der Waals surface area contributed by atoms with E-state index >= 15 is 0 Å². The van der Waals surface area contributed by atoms with Crippen LogP contribution in [0.1, 0.15) is 57.2 Å². The van der Waals surface area contributed by atoms with Crippen molar-refractivity contribution in [3.63, 3.8) is 0 Å². The summed E-state index contributed by atoms with van der Waals surface area (Å²) < 4.78 is 41.9. The van der Waals surface area contributed by atoms with E-state index in [4.69, 9.17) is 0 Å². The van der Waals surface area contributed by atoms with E-state index in [1.807, 2.05) is 18.2 Å². The molecule has 0 radical (unpaired) electrons. The van der Waals surface area contributed by atoms with Gasteiger partial charge in [0.1, 0.15) is 0 Å². The maximum atomic E-state index is 14.0. The van der Waals surface area contributed by atoms with Crippen LogP contribution in [0.25, 0.3) is 10.8 Å². The first kappa shape index (κ1) is 19.7. The molecule has 2 aromatic rings. The number of hydrazine groups is 1. The first-order valence-electron chi connectivity index (χ1n) is 9.30. The minimum atomic E-state index is -4.51. The highest BCUT2D eigenvalue weighted by Gasteiger charge is 2.52. The van der Waals surface area contributed by atoms with E-state index in [2.05, 4.69) is 12.3 Å². The fourth-order valence-corrected chi connectivity index (χ4v) is 3.83. The lowest BCUT2D eigenvalue weighted by Crippen LogP contribution is -2.51. The lowest BCUT2D eigenvalue weighted by atomic mass is 9.94. The standard InChI is InChI=1S/C21H25F3N2O/c1-4-5-7-14-8-6-9-15-12-16(10-11-17(14)15)19(21(22,23)24)26-20(2,3)13-18(27)25-26/h6,8-12,19H,4-5,7,13H2,1-3H3,(H,25,27). The molecule has 2 aromatic carbocycles. The molecule has 0 bridgehead atoms. The van der Waals surface area contributed by atoms with Gasteiger partial charge in [-0.05, 0) is 54.7 Å². The Bertz CT molecular complexity index is 845. The third-order valence-electron chi connectivity index (χ3n) is 5.17. The number of alkyl halides is 3. The van der Waals surface area contributed by atoms with E-state index in [1.165, 1.54) is 6.07 Å². The Hall–Kier alpha value is -2.08. The summed E-state index contributed by atoms with van der Waals surface area (Å²) in [6.45, 7) is 5.41. The van der Waals surface area contributed by atoms with Crippen molar-refractivity contribution in [2.45, 2.75) is 64.2 Å². The maximum Gasteiger partial charge on any atom is 0.409 e. The third-order valence-corrected chi connectivity index (χ3v) is 5.17. The van der Waals surface area contributed by atoms with Gasteiger partial charge in [0.25, 0.3) is 0 Å². The summed E-state index contributed by atoms with van der Waals surface area (Å²) in [5.41, 5.74) is 2.78. The normalized spacial score (nSPS) is 18.7. The Morgan fingerprint density at radius 3 is 2.56 bits per heavy atom. The molecule has 1 atom stereocenters. The molecule has 0 saturated carbocycles. The van der Waals surface area contributed by atoms with Gasteiger partial charge in [-0.1, -0.05) is 43.7 Å². The van der Waals surface area contributed by atoms with Gasteiger partial charge in [-0.25, -0.2) is 0 Å². The Balaban J connectivity index is 2.06. The highest BCUT2D eigenvalue weighted by atomic mass is 19.4. The SMILES string of the molecule is CCCCc1cccc2cc(C(N3NC(=O)CC3(C)C)C(F)(F)F)ccc12. The Morgan fingerprint density at radius 2 is 1.96 bits per heavy atom. The van der Waals surface area contributed by atoms with E-state index in [-0.39, 0.29) is 12.0 Å². The highest BCUT2D eigenvalue weighted by molar-refractivity contribution is 5.86. The van der Waals surface area contributed by atoms with Crippen LogP contribution in [0, 0.1) is 0 Å². The number of nitrogens with one attached hydrogen (secondary N) is 1. The van der Waals surface area contributed by atoms with Crippen molar-refractivity contribution in [2.24, 2.45) is 0 Å². The van der Waals surface area contributed by atoms with E-state index < -0.39 is 23.7 Å². The molecule has 1 aliphatic heterocycles. The first-order valence-corrected chi connectivity index (χ1v) is 9.30. The molecule has 1 saturated heterocycles. The number of nitrogens with zero attached hydrogens (tertiary/aromatic N) is 1. The fraction of sp³-hybridized carbons (Fsp3) is 0.476. The quantitative estimate of drug-likeness (QED) is 0.766. The number of unbranched alkanes of at least 4 members (excludes halogenated alkanes) is 1. The molecule has 0 aromatic heterocycles. The Labute approximate surface area is 157 Å². The van der Waals surface area contributed by atoms with Crippen LogP contribution in [0.3, 0.4) is 0 Å². The van der Waals surface area contributed by atoms with Crippen molar-refractivity contribution < 1.29 is 18.0 Å². The summed E-state index contributed by atoms with van der Waals surface area (Å²) in [4.78, 5) is 11.8. The Morgan fingerprint density at radius 1 is 1.22 bits per heavy atom. The lowest BCUT2D eigenvalue weighted by molar-refractivity contribution is -0.203. The van der Waals surface area contributed by atoms with Gasteiger partial charge in [0, 0.05) is 12.0 Å². The summed E-state index contributed by atoms with van der Waals surface area (Å²) >= 11 is 0. The number of hydrogen-bond donors (Lipinski definition) is 1. The smallest absolute Gasteiger partial charge is 0.287 e. The van der Waals surface area contributed by atoms with E-state index in [1.54, 1.807) is 26.0 Å². The van der Waals surface area contributed by atoms with Crippen LogP contribution in [-0.2, 0) is 11.2 Å². The largest absolute Gasteiger partial charge is 0.409 e. The van der Waals surface area contributed by atoms with E-state index in [0.717, 1.165) is 40.6 Å². The van der Waals surface area contributed by atoms with E-state index in [9.17, 15) is 18.0 Å². The molecule has 1 aliphatic rings. The monoisotopic (exact) mass is 378 g/mol. The van der Waals surface area contributed by atoms with Gasteiger partial charge in [-0.2, -0.15) is 18.2 Å². The van der Waals surface area contributed by atoms with Crippen LogP contribution >= 0.6 is 0 Å². The number of rotatable bonds is 5. The third kappa shape index (κ3) is 3.95. The van der Waals surface area contributed by atoms with Crippen LogP contribution in [0.4, 0.5) is 13.2 Å². The minimum Gasteiger partial charge on any atom is -0.287 e. The van der Waals surface area contributed by atoms with Crippen LogP contribution in [0.15, 0.2) is 36.4 Å². The summed E-state index contributed by atoms with van der Waals surface area (Å²) in [6, 6.07) is 8.79. The van der Waals surface area contributed by atoms with Gasteiger partial charge < -0.3 is 0 Å². The molecule has 146 valence electrons. The molecule has 1 heterocycles. The highest BCUT2D eigenvalue weighted by Crippen LogP contribution is 2.43. The van der Waals surface area contributed by atoms with Gasteiger partial charge in [0.05, 0.1) is 0 Å². The van der Waals surface area contributed by atoms with E-state index in [0.29, 0.717) is 0 Å². The Kier molecular flexibility index (Phi) is 5.21. The number of carbonyl (C=O) groups is 1. The summed E-state index contributed by atoms with van der Waals surface area (Å²) in [5.74, 6) is -0.392. The van der Waals surface area contributed by atoms with Crippen LogP contribution < -0.4 is 5.43 Å². The van der Waals surface area contributed by atoms with Crippen molar-refractivity contribution in [2.75, 3.05) is 0 Å². The zero-order chi connectivity index (χ0) is 19.8. The predicted octanol–water partition coefficient (Wildman–Crippen LogP) is 5.30. The van der Waals surface area contributed by atoms with Crippen molar-refractivity contribution >= 4 is 16.7 Å². The zero-order valence-electron chi connectivity index (χ0n) is 15.9. The molecule has 27 heavy (non-hydrogen) atoms. The number of amides is 1. The van der Waals surface area contributed by atoms with Gasteiger partial charge >= 0.3 is 6.18 Å².